The van der Waals surface area contributed by atoms with Gasteiger partial charge in [0.2, 0.25) is 0 Å². The summed E-state index contributed by atoms with van der Waals surface area (Å²) in [5.41, 5.74) is -1.36. The van der Waals surface area contributed by atoms with Gasteiger partial charge in [-0.25, -0.2) is 9.59 Å². The number of benzene rings is 2. The van der Waals surface area contributed by atoms with Crippen LogP contribution in [-0.4, -0.2) is 149 Å². The predicted molar refractivity (Wildman–Crippen MR) is 198 cm³/mol. The molecule has 1 unspecified atom stereocenters. The van der Waals surface area contributed by atoms with Crippen molar-refractivity contribution in [1.82, 2.24) is 4.98 Å². The first-order chi connectivity index (χ1) is 27.7. The van der Waals surface area contributed by atoms with Gasteiger partial charge in [-0.05, 0) is 29.7 Å². The lowest BCUT2D eigenvalue weighted by atomic mass is 10.0. The van der Waals surface area contributed by atoms with Crippen molar-refractivity contribution in [2.75, 3.05) is 131 Å². The molecule has 1 aliphatic rings. The number of cyclic esters (lactones) is 1. The van der Waals surface area contributed by atoms with Crippen LogP contribution in [0, 0.1) is 0 Å². The monoisotopic (exact) mass is 814 g/mol. The third-order valence-corrected chi connectivity index (χ3v) is 8.04. The summed E-state index contributed by atoms with van der Waals surface area (Å²) in [5, 5.41) is 0.531. The molecule has 3 aromatic rings. The molecule has 1 aromatic heterocycles. The third kappa shape index (κ3) is 16.2. The van der Waals surface area contributed by atoms with E-state index in [1.807, 2.05) is 0 Å². The average Bonchev–Trinajstić information content (AvgIpc) is 3.58. The Morgan fingerprint density at radius 1 is 0.719 bits per heavy atom. The van der Waals surface area contributed by atoms with Crippen LogP contribution in [0.4, 0.5) is 28.4 Å². The number of nitrogens with zero attached hydrogens (tertiary/aromatic N) is 1. The predicted octanol–water partition coefficient (Wildman–Crippen LogP) is 4.45. The molecule has 1 fully saturated rings. The number of fused-ring (bicyclic) bond motifs is 1. The maximum atomic E-state index is 13.6. The van der Waals surface area contributed by atoms with Gasteiger partial charge in [0.15, 0.2) is 6.10 Å². The van der Waals surface area contributed by atoms with Crippen LogP contribution in [0.25, 0.3) is 22.0 Å². The van der Waals surface area contributed by atoms with E-state index in [-0.39, 0.29) is 49.6 Å². The number of anilines is 1. The van der Waals surface area contributed by atoms with Crippen LogP contribution in [0.5, 0.6) is 0 Å². The van der Waals surface area contributed by atoms with Crippen molar-refractivity contribution in [3.63, 3.8) is 0 Å². The van der Waals surface area contributed by atoms with Gasteiger partial charge in [-0.15, -0.1) is 0 Å². The van der Waals surface area contributed by atoms with E-state index in [0.29, 0.717) is 97.0 Å². The van der Waals surface area contributed by atoms with E-state index in [0.717, 1.165) is 6.07 Å². The van der Waals surface area contributed by atoms with Crippen molar-refractivity contribution >= 4 is 28.7 Å². The Kier molecular flexibility index (Phi) is 20.0. The summed E-state index contributed by atoms with van der Waals surface area (Å²) >= 11 is 0. The standard InChI is InChI=1S/C38H49F3N2O14/c1-47-8-9-48-10-11-49-12-13-50-14-15-51-16-17-52-18-19-53-20-21-54-22-23-55-37(46)56-27-30-26-43(36(45)57-30)29-7-6-28-24-34(42-35(44)32(28)25-29)31-4-2-3-5-33(31)38(39,40)41/h2-7,24-25,30H,8-23,26-27H2,1H3,(H,42,44). The van der Waals surface area contributed by atoms with Crippen LogP contribution in [0.3, 0.4) is 0 Å². The number of methoxy groups -OCH3 is 1. The maximum absolute atomic E-state index is 13.6. The maximum Gasteiger partial charge on any atom is 0.508 e. The van der Waals surface area contributed by atoms with Crippen LogP contribution < -0.4 is 10.5 Å². The molecule has 0 aliphatic carbocycles. The van der Waals surface area contributed by atoms with Crippen molar-refractivity contribution in [2.24, 2.45) is 0 Å². The number of H-pyrrole nitrogens is 1. The van der Waals surface area contributed by atoms with Gasteiger partial charge in [0.1, 0.15) is 13.2 Å². The van der Waals surface area contributed by atoms with Crippen LogP contribution >= 0.6 is 0 Å². The Bertz CT molecular complexity index is 1710. The molecule has 2 heterocycles. The van der Waals surface area contributed by atoms with E-state index in [1.165, 1.54) is 41.3 Å². The third-order valence-electron chi connectivity index (χ3n) is 8.04. The second-order valence-corrected chi connectivity index (χ2v) is 12.1. The van der Waals surface area contributed by atoms with E-state index in [2.05, 4.69) is 4.98 Å². The van der Waals surface area contributed by atoms with E-state index in [9.17, 15) is 27.6 Å². The zero-order valence-electron chi connectivity index (χ0n) is 31.7. The fourth-order valence-corrected chi connectivity index (χ4v) is 5.30. The van der Waals surface area contributed by atoms with E-state index in [4.69, 9.17) is 52.1 Å². The Morgan fingerprint density at radius 2 is 1.25 bits per heavy atom. The first-order valence-electron chi connectivity index (χ1n) is 18.3. The van der Waals surface area contributed by atoms with E-state index in [1.54, 1.807) is 13.2 Å². The molecule has 1 atom stereocenters. The van der Waals surface area contributed by atoms with Gasteiger partial charge in [0.25, 0.3) is 5.56 Å². The van der Waals surface area contributed by atoms with Gasteiger partial charge in [0, 0.05) is 29.4 Å². The molecule has 19 heteroatoms. The molecule has 1 amide bonds. The summed E-state index contributed by atoms with van der Waals surface area (Å²) in [5.74, 6) is 0. The molecular weight excluding hydrogens is 765 g/mol. The largest absolute Gasteiger partial charge is 0.508 e. The molecule has 1 N–H and O–H groups in total. The van der Waals surface area contributed by atoms with Gasteiger partial charge in [-0.3, -0.25) is 9.69 Å². The zero-order chi connectivity index (χ0) is 40.7. The van der Waals surface area contributed by atoms with Crippen molar-refractivity contribution in [3.8, 4) is 11.3 Å². The number of hydrogen-bond donors (Lipinski definition) is 1. The smallest absolute Gasteiger partial charge is 0.440 e. The van der Waals surface area contributed by atoms with Crippen LogP contribution in [0.1, 0.15) is 5.56 Å². The summed E-state index contributed by atoms with van der Waals surface area (Å²) in [6.07, 6.45) is -7.13. The number of aromatic nitrogens is 1. The number of halogens is 3. The normalized spacial score (nSPS) is 14.4. The quantitative estimate of drug-likeness (QED) is 0.0805. The Morgan fingerprint density at radius 3 is 1.79 bits per heavy atom. The summed E-state index contributed by atoms with van der Waals surface area (Å²) in [6.45, 7) is 6.01. The number of nitrogens with one attached hydrogen (secondary N) is 1. The van der Waals surface area contributed by atoms with Crippen LogP contribution in [0.2, 0.25) is 0 Å². The van der Waals surface area contributed by atoms with Gasteiger partial charge in [-0.2, -0.15) is 13.2 Å². The molecule has 16 nitrogen and oxygen atoms in total. The lowest BCUT2D eigenvalue weighted by Crippen LogP contribution is -2.27. The molecule has 4 rings (SSSR count). The van der Waals surface area contributed by atoms with Crippen LogP contribution in [0.15, 0.2) is 53.3 Å². The SMILES string of the molecule is COCCOCCOCCOCCOCCOCCOCCOCCOC(=O)OCC1CN(c2ccc3cc(-c4ccccc4C(F)(F)F)[nH]c(=O)c3c2)C(=O)O1. The van der Waals surface area contributed by atoms with Crippen molar-refractivity contribution in [1.29, 1.82) is 0 Å². The molecule has 1 saturated heterocycles. The highest BCUT2D eigenvalue weighted by Gasteiger charge is 2.35. The molecule has 0 spiro atoms. The number of pyridine rings is 1. The Hall–Kier alpha value is -4.34. The fourth-order valence-electron chi connectivity index (χ4n) is 5.30. The lowest BCUT2D eigenvalue weighted by Gasteiger charge is -2.15. The van der Waals surface area contributed by atoms with E-state index < -0.39 is 35.7 Å². The number of alkyl halides is 3. The number of rotatable bonds is 28. The number of ether oxygens (including phenoxy) is 11. The van der Waals surface area contributed by atoms with Gasteiger partial charge >= 0.3 is 18.4 Å². The van der Waals surface area contributed by atoms with Crippen molar-refractivity contribution in [3.05, 3.63) is 64.4 Å². The molecule has 0 bridgehead atoms. The van der Waals surface area contributed by atoms with Crippen molar-refractivity contribution in [2.45, 2.75) is 12.3 Å². The minimum atomic E-state index is -4.62. The number of carbonyl (C=O) groups is 2. The van der Waals surface area contributed by atoms with Crippen LogP contribution in [-0.2, 0) is 58.3 Å². The average molecular weight is 815 g/mol. The summed E-state index contributed by atoms with van der Waals surface area (Å²) in [6, 6.07) is 10.9. The number of carbonyl (C=O) groups excluding carboxylic acids is 2. The van der Waals surface area contributed by atoms with E-state index >= 15 is 0 Å². The number of amides is 1. The summed E-state index contributed by atoms with van der Waals surface area (Å²) in [4.78, 5) is 41.3. The molecule has 1 aliphatic heterocycles. The number of hydrogen-bond acceptors (Lipinski definition) is 14. The first kappa shape index (κ1) is 45.4. The topological polar surface area (TPSA) is 172 Å². The highest BCUT2D eigenvalue weighted by Crippen LogP contribution is 2.37. The molecule has 2 aromatic carbocycles. The molecule has 316 valence electrons. The molecule has 0 saturated carbocycles. The second kappa shape index (κ2) is 25.1. The molecular formula is C38H49F3N2O14. The summed E-state index contributed by atoms with van der Waals surface area (Å²) in [7, 11) is 1.62. The first-order valence-corrected chi connectivity index (χ1v) is 18.3. The Labute approximate surface area is 327 Å². The van der Waals surface area contributed by atoms with Gasteiger partial charge < -0.3 is 57.1 Å². The van der Waals surface area contributed by atoms with Gasteiger partial charge in [0.05, 0.1) is 111 Å². The summed E-state index contributed by atoms with van der Waals surface area (Å²) < 4.78 is 98.7. The minimum absolute atomic E-state index is 0.00288. The Balaban J connectivity index is 0.989. The lowest BCUT2D eigenvalue weighted by molar-refractivity contribution is -0.137. The molecule has 57 heavy (non-hydrogen) atoms. The molecule has 0 radical (unpaired) electrons. The number of aromatic amines is 1. The van der Waals surface area contributed by atoms with Gasteiger partial charge in [-0.1, -0.05) is 24.3 Å². The second-order valence-electron chi connectivity index (χ2n) is 12.1. The van der Waals surface area contributed by atoms with Crippen molar-refractivity contribution < 1.29 is 74.9 Å². The highest BCUT2D eigenvalue weighted by atomic mass is 19.4. The zero-order valence-corrected chi connectivity index (χ0v) is 31.7. The highest BCUT2D eigenvalue weighted by molar-refractivity contribution is 5.94. The minimum Gasteiger partial charge on any atom is -0.440 e. The fraction of sp³-hybridized carbons (Fsp3) is 0.553.